The maximum Gasteiger partial charge on any atom is 0.337 e. The monoisotopic (exact) mass is 292 g/mol. The third-order valence-electron chi connectivity index (χ3n) is 1.80. The molecule has 1 unspecified atom stereocenters. The Morgan fingerprint density at radius 3 is 2.80 bits per heavy atom. The quantitative estimate of drug-likeness (QED) is 0.927. The van der Waals surface area contributed by atoms with Gasteiger partial charge in [-0.25, -0.2) is 4.79 Å². The molecule has 1 rings (SSSR count). The van der Waals surface area contributed by atoms with Crippen molar-refractivity contribution in [3.8, 4) is 0 Å². The Bertz CT molecular complexity index is 368. The van der Waals surface area contributed by atoms with Crippen LogP contribution in [0.1, 0.15) is 18.6 Å². The summed E-state index contributed by atoms with van der Waals surface area (Å²) in [5, 5.41) is 9.52. The number of carboxylic acids is 1. The highest BCUT2D eigenvalue weighted by molar-refractivity contribution is 9.10. The normalized spacial score (nSPS) is 12.5. The minimum atomic E-state index is -1.01. The van der Waals surface area contributed by atoms with Gasteiger partial charge in [0.25, 0.3) is 0 Å². The van der Waals surface area contributed by atoms with Gasteiger partial charge in [-0.2, -0.15) is 0 Å². The number of benzene rings is 1. The molecule has 0 bridgehead atoms. The minimum absolute atomic E-state index is 0.339. The Kier molecular flexibility index (Phi) is 4.57. The lowest BCUT2D eigenvalue weighted by Crippen LogP contribution is -2.15. The van der Waals surface area contributed by atoms with Crippen molar-refractivity contribution in [2.45, 2.75) is 13.0 Å². The van der Waals surface area contributed by atoms with E-state index < -0.39 is 12.1 Å². The number of hydrogen-bond donors (Lipinski definition) is 1. The molecule has 5 heteroatoms. The predicted molar refractivity (Wildman–Crippen MR) is 61.2 cm³/mol. The number of carbonyl (C=O) groups is 1. The fraction of sp³-hybridized carbons (Fsp3) is 0.300. The van der Waals surface area contributed by atoms with E-state index in [1.165, 1.54) is 0 Å². The van der Waals surface area contributed by atoms with Gasteiger partial charge in [0.1, 0.15) is 0 Å². The van der Waals surface area contributed by atoms with Crippen LogP contribution in [-0.2, 0) is 9.53 Å². The molecule has 15 heavy (non-hydrogen) atoms. The van der Waals surface area contributed by atoms with Gasteiger partial charge in [-0.3, -0.25) is 0 Å². The topological polar surface area (TPSA) is 46.5 Å². The third-order valence-corrected chi connectivity index (χ3v) is 2.72. The molecule has 82 valence electrons. The number of carboxylic acid groups (broad SMARTS) is 1. The molecule has 0 amide bonds. The minimum Gasteiger partial charge on any atom is -0.479 e. The van der Waals surface area contributed by atoms with Crippen LogP contribution in [0.25, 0.3) is 0 Å². The van der Waals surface area contributed by atoms with Gasteiger partial charge in [0.15, 0.2) is 6.10 Å². The Morgan fingerprint density at radius 2 is 2.33 bits per heavy atom. The van der Waals surface area contributed by atoms with Crippen LogP contribution in [-0.4, -0.2) is 17.7 Å². The van der Waals surface area contributed by atoms with Crippen LogP contribution in [0.15, 0.2) is 22.7 Å². The lowest BCUT2D eigenvalue weighted by atomic mass is 10.1. The van der Waals surface area contributed by atoms with E-state index in [-0.39, 0.29) is 0 Å². The van der Waals surface area contributed by atoms with E-state index in [1.807, 2.05) is 0 Å². The van der Waals surface area contributed by atoms with Crippen molar-refractivity contribution in [3.63, 3.8) is 0 Å². The van der Waals surface area contributed by atoms with Crippen LogP contribution in [0.3, 0.4) is 0 Å². The van der Waals surface area contributed by atoms with E-state index in [1.54, 1.807) is 25.1 Å². The van der Waals surface area contributed by atoms with Crippen LogP contribution >= 0.6 is 27.5 Å². The SMILES string of the molecule is CCOC(C(=O)O)c1ccc(Cl)cc1Br. The van der Waals surface area contributed by atoms with Crippen LogP contribution in [0.2, 0.25) is 5.02 Å². The molecule has 0 aliphatic heterocycles. The number of aliphatic carboxylic acids is 1. The fourth-order valence-corrected chi connectivity index (χ4v) is 2.07. The number of halogens is 2. The van der Waals surface area contributed by atoms with Gasteiger partial charge in [-0.05, 0) is 19.1 Å². The standard InChI is InChI=1S/C10H10BrClO3/c1-2-15-9(10(13)14)7-4-3-6(12)5-8(7)11/h3-5,9H,2H2,1H3,(H,13,14). The molecular weight excluding hydrogens is 283 g/mol. The molecular formula is C10H10BrClO3. The molecule has 1 N–H and O–H groups in total. The second-order valence-electron chi connectivity index (χ2n) is 2.84. The first-order chi connectivity index (χ1) is 7.06. The van der Waals surface area contributed by atoms with Crippen molar-refractivity contribution < 1.29 is 14.6 Å². The van der Waals surface area contributed by atoms with Gasteiger partial charge in [0.05, 0.1) is 0 Å². The first-order valence-electron chi connectivity index (χ1n) is 4.35. The molecule has 0 aliphatic rings. The van der Waals surface area contributed by atoms with Crippen molar-refractivity contribution in [2.24, 2.45) is 0 Å². The van der Waals surface area contributed by atoms with Crippen LogP contribution in [0.5, 0.6) is 0 Å². The lowest BCUT2D eigenvalue weighted by molar-refractivity contribution is -0.150. The molecule has 0 aromatic heterocycles. The summed E-state index contributed by atoms with van der Waals surface area (Å²) in [7, 11) is 0. The summed E-state index contributed by atoms with van der Waals surface area (Å²) >= 11 is 9.02. The highest BCUT2D eigenvalue weighted by Gasteiger charge is 2.22. The van der Waals surface area contributed by atoms with E-state index in [4.69, 9.17) is 21.4 Å². The smallest absolute Gasteiger partial charge is 0.337 e. The summed E-state index contributed by atoms with van der Waals surface area (Å²) < 4.78 is 5.77. The second-order valence-corrected chi connectivity index (χ2v) is 4.13. The number of ether oxygens (including phenoxy) is 1. The molecule has 3 nitrogen and oxygen atoms in total. The average molecular weight is 294 g/mol. The molecule has 0 heterocycles. The van der Waals surface area contributed by atoms with Crippen molar-refractivity contribution in [2.75, 3.05) is 6.61 Å². The second kappa shape index (κ2) is 5.49. The molecule has 0 saturated carbocycles. The largest absolute Gasteiger partial charge is 0.479 e. The van der Waals surface area contributed by atoms with Gasteiger partial charge in [-0.15, -0.1) is 0 Å². The fourth-order valence-electron chi connectivity index (χ4n) is 1.17. The van der Waals surface area contributed by atoms with E-state index in [0.717, 1.165) is 0 Å². The molecule has 0 saturated heterocycles. The van der Waals surface area contributed by atoms with E-state index >= 15 is 0 Å². The van der Waals surface area contributed by atoms with Gasteiger partial charge in [0, 0.05) is 21.7 Å². The average Bonchev–Trinajstić information content (AvgIpc) is 2.15. The Morgan fingerprint density at radius 1 is 1.67 bits per heavy atom. The Labute approximate surface area is 101 Å². The zero-order valence-corrected chi connectivity index (χ0v) is 10.4. The van der Waals surface area contributed by atoms with Crippen molar-refractivity contribution in [1.29, 1.82) is 0 Å². The molecule has 0 spiro atoms. The molecule has 1 aromatic carbocycles. The summed E-state index contributed by atoms with van der Waals surface area (Å²) in [5.74, 6) is -1.01. The maximum absolute atomic E-state index is 10.9. The summed E-state index contributed by atoms with van der Waals surface area (Å²) in [6.45, 7) is 2.09. The molecule has 0 radical (unpaired) electrons. The highest BCUT2D eigenvalue weighted by atomic mass is 79.9. The van der Waals surface area contributed by atoms with Crippen molar-refractivity contribution in [1.82, 2.24) is 0 Å². The highest BCUT2D eigenvalue weighted by Crippen LogP contribution is 2.28. The number of rotatable bonds is 4. The van der Waals surface area contributed by atoms with Gasteiger partial charge in [0.2, 0.25) is 0 Å². The van der Waals surface area contributed by atoms with Crippen LogP contribution < -0.4 is 0 Å². The van der Waals surface area contributed by atoms with E-state index in [2.05, 4.69) is 15.9 Å². The summed E-state index contributed by atoms with van der Waals surface area (Å²) in [6, 6.07) is 4.92. The predicted octanol–water partition coefficient (Wildman–Crippen LogP) is 3.26. The zero-order chi connectivity index (χ0) is 11.4. The first kappa shape index (κ1) is 12.5. The zero-order valence-electron chi connectivity index (χ0n) is 8.04. The number of hydrogen-bond acceptors (Lipinski definition) is 2. The molecule has 0 aliphatic carbocycles. The Balaban J connectivity index is 3.05. The molecule has 1 aromatic rings. The van der Waals surface area contributed by atoms with Gasteiger partial charge < -0.3 is 9.84 Å². The maximum atomic E-state index is 10.9. The third kappa shape index (κ3) is 3.19. The van der Waals surface area contributed by atoms with E-state index in [9.17, 15) is 4.79 Å². The summed E-state index contributed by atoms with van der Waals surface area (Å²) in [4.78, 5) is 10.9. The summed E-state index contributed by atoms with van der Waals surface area (Å²) in [5.41, 5.74) is 0.564. The summed E-state index contributed by atoms with van der Waals surface area (Å²) in [6.07, 6.45) is -0.957. The lowest BCUT2D eigenvalue weighted by Gasteiger charge is -2.14. The first-order valence-corrected chi connectivity index (χ1v) is 5.52. The Hall–Kier alpha value is -0.580. The van der Waals surface area contributed by atoms with Crippen molar-refractivity contribution in [3.05, 3.63) is 33.3 Å². The van der Waals surface area contributed by atoms with Gasteiger partial charge >= 0.3 is 5.97 Å². The molecule has 1 atom stereocenters. The molecule has 0 fully saturated rings. The van der Waals surface area contributed by atoms with Crippen molar-refractivity contribution >= 4 is 33.5 Å². The van der Waals surface area contributed by atoms with Gasteiger partial charge in [-0.1, -0.05) is 33.6 Å². The van der Waals surface area contributed by atoms with Crippen LogP contribution in [0.4, 0.5) is 0 Å². The van der Waals surface area contributed by atoms with Crippen LogP contribution in [0, 0.1) is 0 Å². The van der Waals surface area contributed by atoms with E-state index in [0.29, 0.717) is 21.7 Å².